The van der Waals surface area contributed by atoms with Gasteiger partial charge in [-0.2, -0.15) is 0 Å². The van der Waals surface area contributed by atoms with Crippen LogP contribution in [0.25, 0.3) is 149 Å². The minimum atomic E-state index is 0. The van der Waals surface area contributed by atoms with Crippen molar-refractivity contribution in [1.82, 2.24) is 9.80 Å². The lowest BCUT2D eigenvalue weighted by atomic mass is 9.83. The molecule has 2 aliphatic rings. The van der Waals surface area contributed by atoms with E-state index in [1.54, 1.807) is 0 Å². The molecule has 2 aliphatic heterocycles. The van der Waals surface area contributed by atoms with Crippen LogP contribution in [-0.4, -0.2) is 49.1 Å². The van der Waals surface area contributed by atoms with Crippen LogP contribution < -0.4 is 9.13 Å². The van der Waals surface area contributed by atoms with Crippen molar-refractivity contribution in [1.29, 1.82) is 0 Å². The molecule has 12 aromatic rings. The monoisotopic (exact) mass is 1020 g/mol. The molecule has 10 aromatic carbocycles. The molecule has 18 heteroatoms. The van der Waals surface area contributed by atoms with E-state index in [0.29, 0.717) is 39.3 Å². The number of fused-ring (bicyclic) bond motifs is 4. The van der Waals surface area contributed by atoms with E-state index < -0.39 is 0 Å². The highest BCUT2D eigenvalue weighted by molar-refractivity contribution is 8.07. The van der Waals surface area contributed by atoms with Crippen molar-refractivity contribution in [2.24, 2.45) is 20.5 Å². The van der Waals surface area contributed by atoms with Gasteiger partial charge in [-0.05, 0) is 144 Å². The molecule has 0 bridgehead atoms. The van der Waals surface area contributed by atoms with Crippen LogP contribution in [0.3, 0.4) is 0 Å². The molecule has 0 aliphatic carbocycles. The molecule has 14 rings (SSSR count). The molecular formula is C57H48N16S2+2. The third kappa shape index (κ3) is 8.19. The van der Waals surface area contributed by atoms with E-state index in [-0.39, 0.29) is 7.43 Å². The Kier molecular flexibility index (Phi) is 13.3. The second kappa shape index (κ2) is 20.4. The lowest BCUT2D eigenvalue weighted by Crippen LogP contribution is -2.34. The van der Waals surface area contributed by atoms with Gasteiger partial charge in [0.25, 0.3) is 0 Å². The van der Waals surface area contributed by atoms with Crippen LogP contribution in [0, 0.1) is 0 Å². The molecule has 0 N–H and O–H groups in total. The van der Waals surface area contributed by atoms with Crippen molar-refractivity contribution < 1.29 is 9.13 Å². The Balaban J connectivity index is 0.000000154. The molecule has 0 saturated heterocycles. The fraction of sp³-hybridized carbons (Fsp3) is 0.228. The smallest absolute Gasteiger partial charge is 0.176 e. The van der Waals surface area contributed by atoms with E-state index in [1.165, 1.54) is 130 Å². The highest BCUT2D eigenvalue weighted by Crippen LogP contribution is 2.47. The summed E-state index contributed by atoms with van der Waals surface area (Å²) in [5.41, 5.74) is 39.9. The van der Waals surface area contributed by atoms with Gasteiger partial charge in [0.2, 0.25) is 0 Å². The molecule has 0 atom stereocenters. The second-order valence-corrected chi connectivity index (χ2v) is 19.1. The standard InChI is InChI=1S/C28H24N8.C28H20N8.CH4.S2/c2*29-33-31-9-11-35-13-17-1-5-21-22-6-3-19-15-36(12-10-32-34-30)16-20-4-8-24(28(22)26(19)20)23-7-2-18(14-35)25(17)27(21)23;;1-2/h1-8H,9-16H2;1-8,13-16H,9-12H2;1H4;/q;+2;;. The van der Waals surface area contributed by atoms with Crippen LogP contribution in [0.4, 0.5) is 0 Å². The summed E-state index contributed by atoms with van der Waals surface area (Å²) in [5.74, 6) is 0. The topological polar surface area (TPSA) is 209 Å². The SMILES string of the molecule is C.S=S.[N-]=[N+]=NCCN1Cc2ccc3c4ccc5c6c(ccc(c7ccc(c2c37)C1)c64)CN(CCN=[N+]=[N-])C5.[N-]=[N+]=NCC[n+]1cc2ccc3c4ccc5c[n+](CCN=[N+]=[N-])cc6ccc(c7ccc(c1)c2c37)c4c56. The average Bonchev–Trinajstić information content (AvgIpc) is 3.46. The molecule has 4 heterocycles. The Hall–Kier alpha value is -8.52. The Labute approximate surface area is 439 Å². The molecule has 0 spiro atoms. The van der Waals surface area contributed by atoms with Crippen molar-refractivity contribution in [2.75, 3.05) is 39.3 Å². The Bertz CT molecular complexity index is 3940. The van der Waals surface area contributed by atoms with Gasteiger partial charge in [-0.1, -0.05) is 101 Å². The van der Waals surface area contributed by atoms with Gasteiger partial charge in [-0.15, -0.1) is 0 Å². The quantitative estimate of drug-likeness (QED) is 0.0292. The fourth-order valence-electron chi connectivity index (χ4n) is 12.4. The van der Waals surface area contributed by atoms with E-state index in [1.807, 2.05) is 0 Å². The molecule has 366 valence electrons. The van der Waals surface area contributed by atoms with Crippen LogP contribution in [0.2, 0.25) is 0 Å². The van der Waals surface area contributed by atoms with Crippen LogP contribution in [-0.2, 0) is 61.6 Å². The summed E-state index contributed by atoms with van der Waals surface area (Å²) in [7, 11) is 0. The maximum atomic E-state index is 8.65. The number of azide groups is 4. The Morgan fingerprint density at radius 1 is 0.360 bits per heavy atom. The third-order valence-corrected chi connectivity index (χ3v) is 15.3. The van der Waals surface area contributed by atoms with Gasteiger partial charge in [-0.25, -0.2) is 9.13 Å². The minimum Gasteiger partial charge on any atom is -0.295 e. The normalized spacial score (nSPS) is 13.2. The van der Waals surface area contributed by atoms with Gasteiger partial charge in [0.15, 0.2) is 37.9 Å². The highest BCUT2D eigenvalue weighted by atomic mass is 32.8. The fourth-order valence-corrected chi connectivity index (χ4v) is 12.4. The van der Waals surface area contributed by atoms with Crippen LogP contribution in [0.15, 0.2) is 142 Å². The number of hydrogen-bond donors (Lipinski definition) is 0. The number of rotatable bonds is 12. The second-order valence-electron chi connectivity index (χ2n) is 19.1. The summed E-state index contributed by atoms with van der Waals surface area (Å²) in [6, 6.07) is 36.2. The molecule has 0 amide bonds. The number of nitrogens with zero attached hydrogens (tertiary/aromatic N) is 16. The number of benzene rings is 10. The molecule has 2 aromatic heterocycles. The lowest BCUT2D eigenvalue weighted by molar-refractivity contribution is -0.692. The lowest BCUT2D eigenvalue weighted by Gasteiger charge is -2.31. The van der Waals surface area contributed by atoms with Crippen LogP contribution in [0.5, 0.6) is 0 Å². The summed E-state index contributed by atoms with van der Waals surface area (Å²) in [6.45, 7) is 8.17. The third-order valence-electron chi connectivity index (χ3n) is 15.3. The van der Waals surface area contributed by atoms with Gasteiger partial charge in [-0.3, -0.25) is 9.80 Å². The zero-order valence-electron chi connectivity index (χ0n) is 40.0. The van der Waals surface area contributed by atoms with Gasteiger partial charge in [0.05, 0.1) is 13.1 Å². The molecule has 0 unspecified atom stereocenters. The van der Waals surface area contributed by atoms with Gasteiger partial charge in [0.1, 0.15) is 0 Å². The van der Waals surface area contributed by atoms with E-state index in [9.17, 15) is 0 Å². The summed E-state index contributed by atoms with van der Waals surface area (Å²) in [6.07, 6.45) is 8.58. The maximum Gasteiger partial charge on any atom is 0.176 e. The van der Waals surface area contributed by atoms with E-state index in [2.05, 4.69) is 203 Å². The van der Waals surface area contributed by atoms with Crippen molar-refractivity contribution in [3.05, 3.63) is 186 Å². The predicted molar refractivity (Wildman–Crippen MR) is 308 cm³/mol. The zero-order chi connectivity index (χ0) is 50.5. The van der Waals surface area contributed by atoms with Crippen LogP contribution in [0.1, 0.15) is 29.7 Å². The van der Waals surface area contributed by atoms with Gasteiger partial charge >= 0.3 is 0 Å². The first-order chi connectivity index (χ1) is 36.5. The molecule has 0 saturated carbocycles. The summed E-state index contributed by atoms with van der Waals surface area (Å²) in [4.78, 5) is 16.3. The van der Waals surface area contributed by atoms with Crippen molar-refractivity contribution in [3.8, 4) is 0 Å². The van der Waals surface area contributed by atoms with E-state index in [0.717, 1.165) is 39.3 Å². The minimum absolute atomic E-state index is 0. The first-order valence-corrected chi connectivity index (χ1v) is 25.8. The van der Waals surface area contributed by atoms with E-state index in [4.69, 9.17) is 22.1 Å². The summed E-state index contributed by atoms with van der Waals surface area (Å²) < 4.78 is 4.21. The largest absolute Gasteiger partial charge is 0.295 e. The number of hydrogen-bond acceptors (Lipinski definition) is 8. The first kappa shape index (κ1) is 48.7. The molecule has 0 radical (unpaired) electrons. The van der Waals surface area contributed by atoms with Crippen molar-refractivity contribution in [2.45, 2.75) is 46.7 Å². The molecule has 75 heavy (non-hydrogen) atoms. The molecular weight excluding hydrogens is 973 g/mol. The summed E-state index contributed by atoms with van der Waals surface area (Å²) in [5, 5.41) is 40.6. The summed E-state index contributed by atoms with van der Waals surface area (Å²) >= 11 is 7.33. The number of aromatic nitrogens is 2. The van der Waals surface area contributed by atoms with E-state index >= 15 is 0 Å². The van der Waals surface area contributed by atoms with Gasteiger partial charge < -0.3 is 0 Å². The first-order valence-electron chi connectivity index (χ1n) is 24.4. The maximum absolute atomic E-state index is 8.65. The van der Waals surface area contributed by atoms with Crippen molar-refractivity contribution in [3.63, 3.8) is 0 Å². The Morgan fingerprint density at radius 3 is 0.893 bits per heavy atom. The van der Waals surface area contributed by atoms with Crippen LogP contribution >= 0.6 is 0 Å². The zero-order valence-corrected chi connectivity index (χ0v) is 41.6. The van der Waals surface area contributed by atoms with Crippen molar-refractivity contribution >= 4 is 130 Å². The van der Waals surface area contributed by atoms with Gasteiger partial charge in [0, 0.05) is 127 Å². The Morgan fingerprint density at radius 2 is 0.613 bits per heavy atom. The number of pyridine rings is 2. The predicted octanol–water partition coefficient (Wildman–Crippen LogP) is 14.3. The highest BCUT2D eigenvalue weighted by Gasteiger charge is 2.26. The molecule has 16 nitrogen and oxygen atoms in total. The molecule has 0 fully saturated rings. The average molecular weight is 1020 g/mol.